The minimum absolute atomic E-state index is 0.366. The minimum atomic E-state index is -0.366. The first-order valence-corrected chi connectivity index (χ1v) is 3.97. The quantitative estimate of drug-likeness (QED) is 0.651. The zero-order valence-corrected chi connectivity index (χ0v) is 8.14. The Morgan fingerprint density at radius 2 is 2.17 bits per heavy atom. The van der Waals surface area contributed by atoms with E-state index in [-0.39, 0.29) is 5.24 Å². The van der Waals surface area contributed by atoms with Gasteiger partial charge in [-0.1, -0.05) is 12.6 Å². The van der Waals surface area contributed by atoms with Gasteiger partial charge in [0.15, 0.2) is 0 Å². The Labute approximate surface area is 76.4 Å². The van der Waals surface area contributed by atoms with Crippen molar-refractivity contribution in [3.05, 3.63) is 11.4 Å². The van der Waals surface area contributed by atoms with Gasteiger partial charge in [-0.3, -0.25) is 9.48 Å². The zero-order chi connectivity index (χ0) is 9.30. The molecule has 0 aliphatic rings. The Bertz CT molecular complexity index is 319. The summed E-state index contributed by atoms with van der Waals surface area (Å²) in [6.07, 6.45) is 0. The standard InChI is InChI=1S/C7H11N3OS/c1-4-6(8-7(11)12)5(2)10(3)9-4/h1-3H3,(H2,8,11,12). The predicted molar refractivity (Wildman–Crippen MR) is 50.7 cm³/mol. The summed E-state index contributed by atoms with van der Waals surface area (Å²) < 4.78 is 1.72. The Hall–Kier alpha value is -0.970. The van der Waals surface area contributed by atoms with Crippen LogP contribution in [0.5, 0.6) is 0 Å². The number of nitrogens with one attached hydrogen (secondary N) is 1. The number of carbonyl (C=O) groups is 1. The molecule has 0 spiro atoms. The summed E-state index contributed by atoms with van der Waals surface area (Å²) >= 11 is 3.63. The van der Waals surface area contributed by atoms with Crippen LogP contribution in [0.15, 0.2) is 0 Å². The van der Waals surface area contributed by atoms with E-state index < -0.39 is 0 Å². The van der Waals surface area contributed by atoms with E-state index in [9.17, 15) is 4.79 Å². The van der Waals surface area contributed by atoms with E-state index in [4.69, 9.17) is 0 Å². The summed E-state index contributed by atoms with van der Waals surface area (Å²) in [6.45, 7) is 3.73. The molecule has 4 nitrogen and oxygen atoms in total. The van der Waals surface area contributed by atoms with Gasteiger partial charge in [0.25, 0.3) is 5.24 Å². The van der Waals surface area contributed by atoms with Crippen molar-refractivity contribution >= 4 is 23.6 Å². The summed E-state index contributed by atoms with van der Waals surface area (Å²) in [6, 6.07) is 0. The second-order valence-electron chi connectivity index (χ2n) is 2.60. The number of anilines is 1. The van der Waals surface area contributed by atoms with Crippen LogP contribution in [0.2, 0.25) is 0 Å². The van der Waals surface area contributed by atoms with Crippen LogP contribution in [-0.4, -0.2) is 15.0 Å². The summed E-state index contributed by atoms with van der Waals surface area (Å²) in [5.74, 6) is 0. The fourth-order valence-electron chi connectivity index (χ4n) is 1.06. The number of aryl methyl sites for hydroxylation is 2. The van der Waals surface area contributed by atoms with Gasteiger partial charge in [0.05, 0.1) is 17.1 Å². The third-order valence-corrected chi connectivity index (χ3v) is 1.85. The molecular formula is C7H11N3OS. The molecule has 0 saturated heterocycles. The number of amides is 1. The van der Waals surface area contributed by atoms with Crippen LogP contribution in [0.25, 0.3) is 0 Å². The van der Waals surface area contributed by atoms with Gasteiger partial charge >= 0.3 is 0 Å². The van der Waals surface area contributed by atoms with E-state index >= 15 is 0 Å². The molecule has 1 amide bonds. The summed E-state index contributed by atoms with van der Waals surface area (Å²) in [5, 5.41) is 6.37. The number of nitrogens with zero attached hydrogens (tertiary/aromatic N) is 2. The van der Waals surface area contributed by atoms with Crippen molar-refractivity contribution in [3.8, 4) is 0 Å². The second kappa shape index (κ2) is 3.18. The van der Waals surface area contributed by atoms with Crippen molar-refractivity contribution in [3.63, 3.8) is 0 Å². The molecule has 0 saturated carbocycles. The largest absolute Gasteiger partial charge is 0.314 e. The van der Waals surface area contributed by atoms with Crippen LogP contribution in [-0.2, 0) is 7.05 Å². The predicted octanol–water partition coefficient (Wildman–Crippen LogP) is 1.50. The molecule has 0 aliphatic heterocycles. The molecule has 1 rings (SSSR count). The van der Waals surface area contributed by atoms with Crippen LogP contribution in [0.4, 0.5) is 10.5 Å². The highest BCUT2D eigenvalue weighted by Crippen LogP contribution is 2.18. The first-order valence-electron chi connectivity index (χ1n) is 3.52. The van der Waals surface area contributed by atoms with Gasteiger partial charge in [0.1, 0.15) is 0 Å². The normalized spacial score (nSPS) is 10.0. The average Bonchev–Trinajstić information content (AvgIpc) is 2.16. The molecule has 0 aromatic carbocycles. The van der Waals surface area contributed by atoms with Gasteiger partial charge in [-0.2, -0.15) is 5.10 Å². The molecule has 5 heteroatoms. The van der Waals surface area contributed by atoms with Crippen molar-refractivity contribution < 1.29 is 4.79 Å². The molecule has 1 N–H and O–H groups in total. The lowest BCUT2D eigenvalue weighted by Crippen LogP contribution is -2.03. The number of carbonyl (C=O) groups excluding carboxylic acids is 1. The van der Waals surface area contributed by atoms with Crippen molar-refractivity contribution in [2.45, 2.75) is 13.8 Å². The maximum atomic E-state index is 10.6. The molecule has 66 valence electrons. The summed E-state index contributed by atoms with van der Waals surface area (Å²) in [5.41, 5.74) is 2.48. The highest BCUT2D eigenvalue weighted by atomic mass is 32.1. The van der Waals surface area contributed by atoms with Gasteiger partial charge < -0.3 is 5.32 Å². The topological polar surface area (TPSA) is 46.9 Å². The van der Waals surface area contributed by atoms with Gasteiger partial charge in [0, 0.05) is 7.05 Å². The first-order chi connectivity index (χ1) is 5.52. The van der Waals surface area contributed by atoms with Crippen LogP contribution < -0.4 is 5.32 Å². The highest BCUT2D eigenvalue weighted by Gasteiger charge is 2.09. The molecule has 0 atom stereocenters. The number of hydrogen-bond acceptors (Lipinski definition) is 2. The first kappa shape index (κ1) is 9.12. The van der Waals surface area contributed by atoms with Gasteiger partial charge in [-0.25, -0.2) is 0 Å². The monoisotopic (exact) mass is 185 g/mol. The lowest BCUT2D eigenvalue weighted by atomic mass is 10.3. The van der Waals surface area contributed by atoms with Crippen LogP contribution >= 0.6 is 12.6 Å². The molecule has 0 aliphatic carbocycles. The summed E-state index contributed by atoms with van der Waals surface area (Å²) in [7, 11) is 1.83. The van der Waals surface area contributed by atoms with E-state index in [1.165, 1.54) is 0 Å². The van der Waals surface area contributed by atoms with Crippen LogP contribution in [0.1, 0.15) is 11.4 Å². The fraction of sp³-hybridized carbons (Fsp3) is 0.429. The van der Waals surface area contributed by atoms with Crippen molar-refractivity contribution in [2.24, 2.45) is 7.05 Å². The van der Waals surface area contributed by atoms with Gasteiger partial charge in [-0.05, 0) is 13.8 Å². The summed E-state index contributed by atoms with van der Waals surface area (Å²) in [4.78, 5) is 10.6. The van der Waals surface area contributed by atoms with E-state index in [0.717, 1.165) is 17.1 Å². The number of thiol groups is 1. The van der Waals surface area contributed by atoms with Crippen molar-refractivity contribution in [1.82, 2.24) is 9.78 Å². The van der Waals surface area contributed by atoms with Crippen molar-refractivity contribution in [2.75, 3.05) is 5.32 Å². The molecule has 0 bridgehead atoms. The molecule has 1 heterocycles. The maximum Gasteiger partial charge on any atom is 0.280 e. The number of aromatic nitrogens is 2. The molecular weight excluding hydrogens is 174 g/mol. The lowest BCUT2D eigenvalue weighted by molar-refractivity contribution is 0.270. The van der Waals surface area contributed by atoms with Crippen LogP contribution in [0.3, 0.4) is 0 Å². The van der Waals surface area contributed by atoms with Crippen LogP contribution in [0, 0.1) is 13.8 Å². The maximum absolute atomic E-state index is 10.6. The van der Waals surface area contributed by atoms with E-state index in [2.05, 4.69) is 23.0 Å². The number of rotatable bonds is 1. The molecule has 1 aromatic heterocycles. The van der Waals surface area contributed by atoms with E-state index in [0.29, 0.717) is 0 Å². The Balaban J connectivity index is 3.05. The molecule has 0 fully saturated rings. The number of hydrogen-bond donors (Lipinski definition) is 2. The third-order valence-electron chi connectivity index (χ3n) is 1.74. The Morgan fingerprint density at radius 1 is 1.58 bits per heavy atom. The van der Waals surface area contributed by atoms with Gasteiger partial charge in [-0.15, -0.1) is 0 Å². The second-order valence-corrected chi connectivity index (χ2v) is 3.01. The molecule has 0 unspecified atom stereocenters. The smallest absolute Gasteiger partial charge is 0.280 e. The van der Waals surface area contributed by atoms with E-state index in [1.54, 1.807) is 4.68 Å². The molecule has 0 radical (unpaired) electrons. The third kappa shape index (κ3) is 1.61. The van der Waals surface area contributed by atoms with Gasteiger partial charge in [0.2, 0.25) is 0 Å². The SMILES string of the molecule is Cc1nn(C)c(C)c1NC(=O)S. The van der Waals surface area contributed by atoms with Crippen molar-refractivity contribution in [1.29, 1.82) is 0 Å². The fourth-order valence-corrected chi connectivity index (χ4v) is 1.17. The molecule has 1 aromatic rings. The zero-order valence-electron chi connectivity index (χ0n) is 7.25. The average molecular weight is 185 g/mol. The Kier molecular flexibility index (Phi) is 2.42. The Morgan fingerprint density at radius 3 is 2.50 bits per heavy atom. The van der Waals surface area contributed by atoms with E-state index in [1.807, 2.05) is 20.9 Å². The lowest BCUT2D eigenvalue weighted by Gasteiger charge is -2.00. The minimum Gasteiger partial charge on any atom is -0.314 e. The molecule has 12 heavy (non-hydrogen) atoms. The highest BCUT2D eigenvalue weighted by molar-refractivity contribution is 7.96.